The molecule has 0 aromatic rings. The van der Waals surface area contributed by atoms with Gasteiger partial charge in [-0.3, -0.25) is 14.4 Å². The van der Waals surface area contributed by atoms with E-state index in [1.807, 2.05) is 27.7 Å². The highest BCUT2D eigenvalue weighted by molar-refractivity contribution is 5.99. The third-order valence-electron chi connectivity index (χ3n) is 6.03. The van der Waals surface area contributed by atoms with Crippen LogP contribution in [-0.4, -0.2) is 39.3 Å². The number of carbonyl (C=O) groups is 3. The third-order valence-corrected chi connectivity index (χ3v) is 6.03. The standard InChI is InChI=1S/C24H45NO6/c1-11-13-23(25,14-12-17(26)31-22(8,9)10)15-16(20(2,3)4)24(18(27)28,19(29)30)21(5,6)7/h16H,11-15,25H2,1-10H3,(H,27,28)(H,29,30). The molecule has 4 N–H and O–H groups in total. The lowest BCUT2D eigenvalue weighted by Gasteiger charge is -2.51. The highest BCUT2D eigenvalue weighted by atomic mass is 16.6. The SMILES string of the molecule is CCCC(N)(CCC(=O)OC(C)(C)C)CC(C(C)(C)C)C(C(=O)O)(C(=O)O)C(C)(C)C. The molecule has 0 aliphatic heterocycles. The summed E-state index contributed by atoms with van der Waals surface area (Å²) in [6, 6.07) is 0. The monoisotopic (exact) mass is 443 g/mol. The van der Waals surface area contributed by atoms with Crippen molar-refractivity contribution in [1.29, 1.82) is 0 Å². The number of carboxylic acid groups (broad SMARTS) is 2. The quantitative estimate of drug-likeness (QED) is 0.325. The van der Waals surface area contributed by atoms with E-state index in [-0.39, 0.29) is 18.8 Å². The van der Waals surface area contributed by atoms with Crippen molar-refractivity contribution in [3.8, 4) is 0 Å². The number of nitrogens with two attached hydrogens (primary N) is 1. The average Bonchev–Trinajstić information content (AvgIpc) is 2.48. The van der Waals surface area contributed by atoms with Crippen LogP contribution < -0.4 is 5.73 Å². The molecular weight excluding hydrogens is 398 g/mol. The maximum Gasteiger partial charge on any atom is 0.321 e. The Kier molecular flexibility index (Phi) is 9.36. The van der Waals surface area contributed by atoms with E-state index in [1.165, 1.54) is 0 Å². The summed E-state index contributed by atoms with van der Waals surface area (Å²) in [7, 11) is 0. The first-order valence-electron chi connectivity index (χ1n) is 11.1. The van der Waals surface area contributed by atoms with Gasteiger partial charge in [0.1, 0.15) is 5.60 Å². The average molecular weight is 444 g/mol. The lowest BCUT2D eigenvalue weighted by Crippen LogP contribution is -2.60. The molecule has 2 atom stereocenters. The Labute approximate surface area is 188 Å². The van der Waals surface area contributed by atoms with Crippen molar-refractivity contribution in [3.63, 3.8) is 0 Å². The minimum Gasteiger partial charge on any atom is -0.480 e. The van der Waals surface area contributed by atoms with Crippen LogP contribution in [0.3, 0.4) is 0 Å². The van der Waals surface area contributed by atoms with Gasteiger partial charge >= 0.3 is 17.9 Å². The number of hydrogen-bond donors (Lipinski definition) is 3. The number of carboxylic acids is 2. The zero-order chi connectivity index (χ0) is 25.1. The molecule has 2 unspecified atom stereocenters. The van der Waals surface area contributed by atoms with Crippen molar-refractivity contribution >= 4 is 17.9 Å². The summed E-state index contributed by atoms with van der Waals surface area (Å²) >= 11 is 0. The van der Waals surface area contributed by atoms with Crippen LogP contribution >= 0.6 is 0 Å². The van der Waals surface area contributed by atoms with Gasteiger partial charge in [0.15, 0.2) is 5.41 Å². The van der Waals surface area contributed by atoms with E-state index in [0.717, 1.165) is 6.42 Å². The van der Waals surface area contributed by atoms with Gasteiger partial charge in [-0.25, -0.2) is 0 Å². The first-order chi connectivity index (χ1) is 13.6. The Morgan fingerprint density at radius 2 is 1.32 bits per heavy atom. The minimum absolute atomic E-state index is 0.0906. The van der Waals surface area contributed by atoms with Crippen LogP contribution in [0.25, 0.3) is 0 Å². The molecule has 182 valence electrons. The summed E-state index contributed by atoms with van der Waals surface area (Å²) in [5.74, 6) is -3.87. The van der Waals surface area contributed by atoms with Gasteiger partial charge in [-0.05, 0) is 56.8 Å². The summed E-state index contributed by atoms with van der Waals surface area (Å²) in [6.45, 7) is 17.8. The minimum atomic E-state index is -2.05. The van der Waals surface area contributed by atoms with Crippen molar-refractivity contribution in [2.75, 3.05) is 0 Å². The van der Waals surface area contributed by atoms with Gasteiger partial charge in [0.2, 0.25) is 0 Å². The van der Waals surface area contributed by atoms with Gasteiger partial charge in [0.25, 0.3) is 0 Å². The topological polar surface area (TPSA) is 127 Å². The summed E-state index contributed by atoms with van der Waals surface area (Å²) < 4.78 is 5.40. The van der Waals surface area contributed by atoms with Crippen LogP contribution in [0.4, 0.5) is 0 Å². The van der Waals surface area contributed by atoms with E-state index in [1.54, 1.807) is 41.5 Å². The fraction of sp³-hybridized carbons (Fsp3) is 0.875. The molecule has 0 aromatic carbocycles. The van der Waals surface area contributed by atoms with Crippen LogP contribution in [0.1, 0.15) is 101 Å². The van der Waals surface area contributed by atoms with Crippen LogP contribution in [0.2, 0.25) is 0 Å². The lowest BCUT2D eigenvalue weighted by atomic mass is 9.51. The molecule has 0 heterocycles. The lowest BCUT2D eigenvalue weighted by molar-refractivity contribution is -0.187. The van der Waals surface area contributed by atoms with Crippen molar-refractivity contribution in [2.45, 2.75) is 112 Å². The summed E-state index contributed by atoms with van der Waals surface area (Å²) in [5.41, 5.74) is 1.48. The zero-order valence-electron chi connectivity index (χ0n) is 21.2. The van der Waals surface area contributed by atoms with E-state index in [2.05, 4.69) is 0 Å². The van der Waals surface area contributed by atoms with Gasteiger partial charge in [-0.2, -0.15) is 0 Å². The van der Waals surface area contributed by atoms with Crippen LogP contribution in [-0.2, 0) is 19.1 Å². The molecular formula is C24H45NO6. The molecule has 0 saturated carbocycles. The molecule has 0 aromatic heterocycles. The molecule has 0 rings (SSSR count). The highest BCUT2D eigenvalue weighted by Crippen LogP contribution is 2.55. The molecule has 7 heteroatoms. The van der Waals surface area contributed by atoms with Gasteiger partial charge in [0, 0.05) is 12.0 Å². The number of rotatable bonds is 10. The van der Waals surface area contributed by atoms with E-state index in [0.29, 0.717) is 12.8 Å². The summed E-state index contributed by atoms with van der Waals surface area (Å²) in [6.07, 6.45) is 1.82. The van der Waals surface area contributed by atoms with Gasteiger partial charge in [-0.1, -0.05) is 54.9 Å². The second-order valence-corrected chi connectivity index (χ2v) is 12.0. The fourth-order valence-electron chi connectivity index (χ4n) is 4.64. The first kappa shape index (κ1) is 29.4. The second kappa shape index (κ2) is 9.88. The van der Waals surface area contributed by atoms with Crippen molar-refractivity contribution < 1.29 is 29.3 Å². The first-order valence-corrected chi connectivity index (χ1v) is 11.1. The second-order valence-electron chi connectivity index (χ2n) is 12.0. The molecule has 0 saturated heterocycles. The molecule has 0 aliphatic rings. The Balaban J connectivity index is 6.30. The zero-order valence-corrected chi connectivity index (χ0v) is 21.2. The van der Waals surface area contributed by atoms with Crippen molar-refractivity contribution in [2.24, 2.45) is 27.9 Å². The number of carbonyl (C=O) groups excluding carboxylic acids is 1. The maximum absolute atomic E-state index is 12.6. The number of hydrogen-bond acceptors (Lipinski definition) is 5. The molecule has 31 heavy (non-hydrogen) atoms. The van der Waals surface area contributed by atoms with Crippen molar-refractivity contribution in [1.82, 2.24) is 0 Å². The van der Waals surface area contributed by atoms with Gasteiger partial charge < -0.3 is 20.7 Å². The Morgan fingerprint density at radius 1 is 0.871 bits per heavy atom. The largest absolute Gasteiger partial charge is 0.480 e. The molecule has 0 fully saturated rings. The Morgan fingerprint density at radius 3 is 1.61 bits per heavy atom. The van der Waals surface area contributed by atoms with Crippen LogP contribution in [0.5, 0.6) is 0 Å². The van der Waals surface area contributed by atoms with E-state index in [4.69, 9.17) is 10.5 Å². The molecule has 0 radical (unpaired) electrons. The smallest absolute Gasteiger partial charge is 0.321 e. The van der Waals surface area contributed by atoms with Crippen molar-refractivity contribution in [3.05, 3.63) is 0 Å². The summed E-state index contributed by atoms with van der Waals surface area (Å²) in [4.78, 5) is 37.4. The Hall–Kier alpha value is -1.63. The van der Waals surface area contributed by atoms with E-state index < -0.39 is 45.2 Å². The fourth-order valence-corrected chi connectivity index (χ4v) is 4.64. The molecule has 0 bridgehead atoms. The molecule has 0 amide bonds. The summed E-state index contributed by atoms with van der Waals surface area (Å²) in [5, 5.41) is 20.5. The number of ether oxygens (including phenoxy) is 1. The number of aliphatic carboxylic acids is 2. The predicted octanol–water partition coefficient (Wildman–Crippen LogP) is 4.86. The normalized spacial score (nSPS) is 16.4. The van der Waals surface area contributed by atoms with Crippen LogP contribution in [0.15, 0.2) is 0 Å². The third kappa shape index (κ3) is 7.48. The number of esters is 1. The molecule has 0 aliphatic carbocycles. The van der Waals surface area contributed by atoms with Gasteiger partial charge in [-0.15, -0.1) is 0 Å². The van der Waals surface area contributed by atoms with Gasteiger partial charge in [0.05, 0.1) is 0 Å². The predicted molar refractivity (Wildman–Crippen MR) is 122 cm³/mol. The molecule has 7 nitrogen and oxygen atoms in total. The Bertz CT molecular complexity index is 636. The molecule has 0 spiro atoms. The van der Waals surface area contributed by atoms with E-state index >= 15 is 0 Å². The van der Waals surface area contributed by atoms with Crippen LogP contribution in [0, 0.1) is 22.2 Å². The van der Waals surface area contributed by atoms with E-state index in [9.17, 15) is 24.6 Å². The highest BCUT2D eigenvalue weighted by Gasteiger charge is 2.64. The maximum atomic E-state index is 12.6.